The third-order valence-electron chi connectivity index (χ3n) is 8.62. The van der Waals surface area contributed by atoms with Gasteiger partial charge in [0.25, 0.3) is 0 Å². The second kappa shape index (κ2) is 15.7. The second-order valence-corrected chi connectivity index (χ2v) is 16.5. The monoisotopic (exact) mass is 562 g/mol. The minimum absolute atomic E-state index is 0.0645. The molecule has 0 saturated heterocycles. The van der Waals surface area contributed by atoms with Crippen molar-refractivity contribution in [2.24, 2.45) is 11.3 Å². The van der Waals surface area contributed by atoms with E-state index in [4.69, 9.17) is 32.7 Å². The summed E-state index contributed by atoms with van der Waals surface area (Å²) < 4.78 is 12.9. The van der Waals surface area contributed by atoms with E-state index in [9.17, 15) is 0 Å². The fourth-order valence-electron chi connectivity index (χ4n) is 5.97. The number of unbranched alkanes of at least 4 members (excludes halogenated alkanes) is 2. The first kappa shape index (κ1) is 30.7. The molecule has 5 heteroatoms. The van der Waals surface area contributed by atoms with Gasteiger partial charge in [-0.2, -0.15) is 0 Å². The fraction of sp³-hybridized carbons (Fsp3) is 0.625. The van der Waals surface area contributed by atoms with Crippen LogP contribution in [-0.4, -0.2) is 34.5 Å². The largest absolute Gasteiger partial charge is 0.381 e. The first-order chi connectivity index (χ1) is 17.9. The van der Waals surface area contributed by atoms with Gasteiger partial charge in [-0.3, -0.25) is 0 Å². The van der Waals surface area contributed by atoms with Crippen LogP contribution in [0.4, 0.5) is 0 Å². The van der Waals surface area contributed by atoms with E-state index in [2.05, 4.69) is 44.7 Å². The quantitative estimate of drug-likeness (QED) is 0.150. The number of benzene rings is 2. The lowest BCUT2D eigenvalue weighted by molar-refractivity contribution is -0.0677. The predicted octanol–water partition coefficient (Wildman–Crippen LogP) is 8.78. The molecule has 0 amide bonds. The van der Waals surface area contributed by atoms with Crippen molar-refractivity contribution in [3.05, 3.63) is 58.6 Å². The Balaban J connectivity index is 1.94. The molecule has 0 aromatic heterocycles. The summed E-state index contributed by atoms with van der Waals surface area (Å²) in [5.74, 6) is 0.665. The molecular weight excluding hydrogens is 515 g/mol. The maximum absolute atomic E-state index is 6.46. The molecule has 0 spiro atoms. The first-order valence-corrected chi connectivity index (χ1v) is 18.1. The maximum Gasteiger partial charge on any atom is 0.115 e. The first-order valence-electron chi connectivity index (χ1n) is 14.6. The second-order valence-electron chi connectivity index (χ2n) is 11.4. The third-order valence-corrected chi connectivity index (χ3v) is 13.6. The normalized spacial score (nSPS) is 15.3. The number of hydrogen-bond donors (Lipinski definition) is 0. The third kappa shape index (κ3) is 8.83. The number of hydrogen-bond acceptors (Lipinski definition) is 2. The van der Waals surface area contributed by atoms with Gasteiger partial charge >= 0.3 is 0 Å². The number of halogens is 2. The van der Waals surface area contributed by atoms with E-state index in [-0.39, 0.29) is 5.41 Å². The highest BCUT2D eigenvalue weighted by Gasteiger charge is 2.43. The SMILES string of the molecule is CCCCOCC(CC[Si](C)(c1ccc(Cl)cc1)c1ccc(Cl)cc1)(COCCCC)C1CCCCC1. The smallest absolute Gasteiger partial charge is 0.115 e. The highest BCUT2D eigenvalue weighted by molar-refractivity contribution is 7.01. The van der Waals surface area contributed by atoms with Crippen molar-refractivity contribution in [1.82, 2.24) is 0 Å². The molecular formula is C32H48Cl2O2Si. The molecule has 1 fully saturated rings. The van der Waals surface area contributed by atoms with Crippen molar-refractivity contribution in [3.63, 3.8) is 0 Å². The summed E-state index contributed by atoms with van der Waals surface area (Å²) in [4.78, 5) is 0. The Bertz CT molecular complexity index is 837. The summed E-state index contributed by atoms with van der Waals surface area (Å²) in [6, 6.07) is 18.4. The van der Waals surface area contributed by atoms with Crippen LogP contribution >= 0.6 is 23.2 Å². The Morgan fingerprint density at radius 3 is 1.65 bits per heavy atom. The van der Waals surface area contributed by atoms with Gasteiger partial charge in [0.05, 0.1) is 13.2 Å². The molecule has 37 heavy (non-hydrogen) atoms. The van der Waals surface area contributed by atoms with Gasteiger partial charge in [-0.05, 0) is 68.3 Å². The van der Waals surface area contributed by atoms with Gasteiger partial charge in [0.15, 0.2) is 0 Å². The van der Waals surface area contributed by atoms with Crippen LogP contribution < -0.4 is 10.4 Å². The number of rotatable bonds is 16. The molecule has 0 heterocycles. The molecule has 0 radical (unpaired) electrons. The standard InChI is InChI=1S/C32H48Cl2O2Si/c1-4-6-22-35-25-32(26-36-23-7-5-2,27-11-9-8-10-12-27)21-24-37(3,30-17-13-28(33)14-18-30)31-19-15-29(34)16-20-31/h13-20,27H,4-12,21-26H2,1-3H3. The Kier molecular flexibility index (Phi) is 13.0. The summed E-state index contributed by atoms with van der Waals surface area (Å²) in [6.45, 7) is 10.3. The molecule has 1 aliphatic rings. The summed E-state index contributed by atoms with van der Waals surface area (Å²) >= 11 is 12.6. The van der Waals surface area contributed by atoms with E-state index in [1.807, 2.05) is 24.3 Å². The van der Waals surface area contributed by atoms with E-state index >= 15 is 0 Å². The Hall–Kier alpha value is -0.843. The Morgan fingerprint density at radius 2 is 1.22 bits per heavy atom. The molecule has 206 valence electrons. The molecule has 2 aromatic carbocycles. The van der Waals surface area contributed by atoms with Gasteiger partial charge in [0, 0.05) is 28.7 Å². The van der Waals surface area contributed by atoms with Gasteiger partial charge in [0.1, 0.15) is 8.07 Å². The van der Waals surface area contributed by atoms with Gasteiger partial charge in [-0.1, -0.05) is 110 Å². The summed E-state index contributed by atoms with van der Waals surface area (Å²) in [6.07, 6.45) is 12.3. The van der Waals surface area contributed by atoms with Crippen LogP contribution in [0.15, 0.2) is 48.5 Å². The molecule has 1 saturated carbocycles. The lowest BCUT2D eigenvalue weighted by Crippen LogP contribution is -2.56. The molecule has 0 N–H and O–H groups in total. The zero-order chi connectivity index (χ0) is 26.6. The average Bonchev–Trinajstić information content (AvgIpc) is 2.93. The Morgan fingerprint density at radius 1 is 0.757 bits per heavy atom. The highest BCUT2D eigenvalue weighted by Crippen LogP contribution is 2.44. The van der Waals surface area contributed by atoms with Gasteiger partial charge in [-0.15, -0.1) is 0 Å². The molecule has 0 aliphatic heterocycles. The zero-order valence-electron chi connectivity index (χ0n) is 23.4. The van der Waals surface area contributed by atoms with E-state index < -0.39 is 8.07 Å². The summed E-state index contributed by atoms with van der Waals surface area (Å²) in [7, 11) is -2.06. The lowest BCUT2D eigenvalue weighted by Gasteiger charge is -2.44. The molecule has 2 nitrogen and oxygen atoms in total. The molecule has 0 unspecified atom stereocenters. The fourth-order valence-corrected chi connectivity index (χ4v) is 9.94. The van der Waals surface area contributed by atoms with Crippen LogP contribution in [0.1, 0.15) is 78.1 Å². The van der Waals surface area contributed by atoms with Gasteiger partial charge in [0.2, 0.25) is 0 Å². The van der Waals surface area contributed by atoms with Crippen LogP contribution in [0.5, 0.6) is 0 Å². The molecule has 3 rings (SSSR count). The highest BCUT2D eigenvalue weighted by atomic mass is 35.5. The maximum atomic E-state index is 6.46. The van der Waals surface area contributed by atoms with Crippen molar-refractivity contribution in [2.45, 2.75) is 90.6 Å². The minimum atomic E-state index is -2.06. The number of ether oxygens (including phenoxy) is 2. The van der Waals surface area contributed by atoms with Crippen LogP contribution in [0.3, 0.4) is 0 Å². The molecule has 1 aliphatic carbocycles. The van der Waals surface area contributed by atoms with Crippen molar-refractivity contribution in [2.75, 3.05) is 26.4 Å². The Labute approximate surface area is 237 Å². The summed E-state index contributed by atoms with van der Waals surface area (Å²) in [5, 5.41) is 4.44. The minimum Gasteiger partial charge on any atom is -0.381 e. The van der Waals surface area contributed by atoms with E-state index in [1.165, 1.54) is 55.3 Å². The molecule has 0 bridgehead atoms. The average molecular weight is 564 g/mol. The van der Waals surface area contributed by atoms with Crippen molar-refractivity contribution in [1.29, 1.82) is 0 Å². The van der Waals surface area contributed by atoms with Crippen LogP contribution in [0, 0.1) is 11.3 Å². The summed E-state index contributed by atoms with van der Waals surface area (Å²) in [5.41, 5.74) is 0.0645. The zero-order valence-corrected chi connectivity index (χ0v) is 25.9. The predicted molar refractivity (Wildman–Crippen MR) is 164 cm³/mol. The van der Waals surface area contributed by atoms with Crippen LogP contribution in [0.25, 0.3) is 0 Å². The van der Waals surface area contributed by atoms with E-state index in [0.29, 0.717) is 5.92 Å². The van der Waals surface area contributed by atoms with Crippen molar-refractivity contribution >= 4 is 41.6 Å². The van der Waals surface area contributed by atoms with E-state index in [0.717, 1.165) is 61.8 Å². The van der Waals surface area contributed by atoms with Crippen LogP contribution in [0.2, 0.25) is 22.6 Å². The van der Waals surface area contributed by atoms with Crippen LogP contribution in [-0.2, 0) is 9.47 Å². The van der Waals surface area contributed by atoms with Gasteiger partial charge < -0.3 is 9.47 Å². The van der Waals surface area contributed by atoms with Crippen molar-refractivity contribution in [3.8, 4) is 0 Å². The topological polar surface area (TPSA) is 18.5 Å². The van der Waals surface area contributed by atoms with Gasteiger partial charge in [-0.25, -0.2) is 0 Å². The molecule has 2 aromatic rings. The molecule has 0 atom stereocenters. The van der Waals surface area contributed by atoms with Crippen molar-refractivity contribution < 1.29 is 9.47 Å². The van der Waals surface area contributed by atoms with E-state index in [1.54, 1.807) is 0 Å². The lowest BCUT2D eigenvalue weighted by atomic mass is 9.68.